The maximum absolute atomic E-state index is 5.90. The minimum absolute atomic E-state index is 0. The van der Waals surface area contributed by atoms with Crippen molar-refractivity contribution in [2.45, 2.75) is 5.23 Å². The molecular formula is C13H35ClN4O4Ti. The largest absolute Gasteiger partial charge is 0.147 e. The van der Waals surface area contributed by atoms with Gasteiger partial charge in [0.1, 0.15) is 0 Å². The maximum Gasteiger partial charge on any atom is -0.147 e. The van der Waals surface area contributed by atoms with Gasteiger partial charge in [-0.1, -0.05) is 0 Å². The summed E-state index contributed by atoms with van der Waals surface area (Å²) >= 11 is -5.13. The van der Waals surface area contributed by atoms with Crippen molar-refractivity contribution in [1.29, 1.82) is 0 Å². The van der Waals surface area contributed by atoms with E-state index in [0.29, 0.717) is 13.1 Å². The second-order valence-corrected chi connectivity index (χ2v) is 15.4. The molecule has 3 N–H and O–H groups in total. The van der Waals surface area contributed by atoms with E-state index in [4.69, 9.17) is 13.3 Å². The van der Waals surface area contributed by atoms with E-state index >= 15 is 0 Å². The van der Waals surface area contributed by atoms with Crippen LogP contribution in [0.1, 0.15) is 0 Å². The summed E-state index contributed by atoms with van der Waals surface area (Å²) in [6.07, 6.45) is 0. The average molecular weight is 395 g/mol. The van der Waals surface area contributed by atoms with E-state index in [1.807, 2.05) is 5.23 Å². The number of nitrogens with one attached hydrogen (secondary N) is 3. The summed E-state index contributed by atoms with van der Waals surface area (Å²) in [4.78, 5) is 0. The molecule has 1 rings (SSSR count). The molecule has 1 saturated heterocycles. The number of nitrogens with zero attached hydrogens (tertiary/aromatic N) is 1. The first-order chi connectivity index (χ1) is 10.4. The Balaban J connectivity index is 0.00000484. The molecule has 1 fully saturated rings. The van der Waals surface area contributed by atoms with E-state index in [1.165, 1.54) is 0 Å². The molecule has 1 heterocycles. The topological polar surface area (TPSA) is 76.2 Å². The van der Waals surface area contributed by atoms with Gasteiger partial charge in [0.05, 0.1) is 0 Å². The fraction of sp³-hybridized carbons (Fsp3) is 1.00. The van der Waals surface area contributed by atoms with Gasteiger partial charge in [0.25, 0.3) is 0 Å². The molecule has 0 atom stereocenters. The molecule has 0 radical (unpaired) electrons. The van der Waals surface area contributed by atoms with Gasteiger partial charge in [-0.25, -0.2) is 0 Å². The van der Waals surface area contributed by atoms with Gasteiger partial charge in [-0.05, 0) is 0 Å². The minimum Gasteiger partial charge on any atom is -0.147 e. The van der Waals surface area contributed by atoms with E-state index in [1.54, 1.807) is 28.4 Å². The number of halogens is 1. The molecule has 8 nitrogen and oxygen atoms in total. The van der Waals surface area contributed by atoms with Crippen molar-refractivity contribution in [3.8, 4) is 0 Å². The number of hydrogen-bond acceptors (Lipinski definition) is 8. The van der Waals surface area contributed by atoms with Crippen LogP contribution in [-0.4, -0.2) is 84.2 Å². The van der Waals surface area contributed by atoms with Crippen LogP contribution in [0.5, 0.6) is 0 Å². The first-order valence-corrected chi connectivity index (χ1v) is 12.7. The van der Waals surface area contributed by atoms with Crippen LogP contribution in [-0.2, 0) is 29.1 Å². The third-order valence-electron chi connectivity index (χ3n) is 5.09. The van der Waals surface area contributed by atoms with Crippen LogP contribution < -0.4 is 16.0 Å². The van der Waals surface area contributed by atoms with E-state index in [9.17, 15) is 0 Å². The summed E-state index contributed by atoms with van der Waals surface area (Å²) in [5.41, 5.74) is 0. The van der Waals surface area contributed by atoms with Crippen molar-refractivity contribution < 1.29 is 29.1 Å². The van der Waals surface area contributed by atoms with Crippen molar-refractivity contribution in [2.24, 2.45) is 0 Å². The third kappa shape index (κ3) is 4.86. The molecular weight excluding hydrogens is 359 g/mol. The van der Waals surface area contributed by atoms with Gasteiger partial charge in [-0.15, -0.1) is 12.4 Å². The Morgan fingerprint density at radius 1 is 0.652 bits per heavy atom. The van der Waals surface area contributed by atoms with Crippen LogP contribution in [0, 0.1) is 0 Å². The summed E-state index contributed by atoms with van der Waals surface area (Å²) < 4.78 is 25.7. The Hall–Kier alpha value is 0.684. The fourth-order valence-electron chi connectivity index (χ4n) is 2.87. The molecule has 1 aliphatic heterocycles. The molecule has 0 saturated carbocycles. The van der Waals surface area contributed by atoms with E-state index in [2.05, 4.69) is 19.3 Å². The average Bonchev–Trinajstić information content (AvgIpc) is 2.56. The van der Waals surface area contributed by atoms with Gasteiger partial charge < -0.3 is 0 Å². The van der Waals surface area contributed by atoms with Crippen LogP contribution in [0.15, 0.2) is 0 Å². The Morgan fingerprint density at radius 3 is 1.26 bits per heavy atom. The summed E-state index contributed by atoms with van der Waals surface area (Å²) in [5, 5.41) is 12.1. The van der Waals surface area contributed by atoms with Crippen LogP contribution in [0.2, 0.25) is 5.23 Å². The van der Waals surface area contributed by atoms with Crippen molar-refractivity contribution >= 4 is 12.4 Å². The molecule has 1 aliphatic rings. The molecule has 0 aromatic heterocycles. The Bertz CT molecular complexity index is 321. The molecule has 0 amide bonds. The summed E-state index contributed by atoms with van der Waals surface area (Å²) in [7, 11) is 6.40. The van der Waals surface area contributed by atoms with Crippen LogP contribution >= 0.6 is 12.4 Å². The number of rotatable bonds is 5. The summed E-state index contributed by atoms with van der Waals surface area (Å²) in [5.74, 6) is 0. The van der Waals surface area contributed by atoms with Crippen LogP contribution in [0.4, 0.5) is 0 Å². The standard InChI is InChI=1S/C8H19N4.4CH3O.CH3.ClH.Ti/c1-2-10-5-6-12-8-7-11-4-3-9-1;4*1-2;;;/h9-11H,1-8H2;4*1H3;1H3;1H;/q5*-1;;;+5. The third-order valence-corrected chi connectivity index (χ3v) is 15.2. The molecule has 0 bridgehead atoms. The Kier molecular flexibility index (Phi) is 9.68. The SMILES string of the molecule is C[O][Ti]([CH3])([O]C)([O]C)([O]C)[N]1CCNCCNCCNCC1.Cl. The second-order valence-electron chi connectivity index (χ2n) is 5.96. The van der Waals surface area contributed by atoms with Crippen LogP contribution in [0.25, 0.3) is 0 Å². The molecule has 0 aliphatic carbocycles. The van der Waals surface area contributed by atoms with Gasteiger partial charge >= 0.3 is 134 Å². The molecule has 142 valence electrons. The quantitative estimate of drug-likeness (QED) is 0.559. The van der Waals surface area contributed by atoms with Crippen molar-refractivity contribution in [1.82, 2.24) is 19.3 Å². The van der Waals surface area contributed by atoms with Crippen molar-refractivity contribution in [2.75, 3.05) is 80.8 Å². The zero-order valence-electron chi connectivity index (χ0n) is 15.1. The molecule has 0 spiro atoms. The van der Waals surface area contributed by atoms with Crippen LogP contribution in [0.3, 0.4) is 0 Å². The van der Waals surface area contributed by atoms with Gasteiger partial charge in [-0.3, -0.25) is 0 Å². The smallest absolute Gasteiger partial charge is 0.147 e. The zero-order chi connectivity index (χ0) is 16.6. The summed E-state index contributed by atoms with van der Waals surface area (Å²) in [6.45, 7) is 6.78. The first-order valence-electron chi connectivity index (χ1n) is 7.93. The van der Waals surface area contributed by atoms with Gasteiger partial charge in [0, 0.05) is 0 Å². The van der Waals surface area contributed by atoms with Crippen molar-refractivity contribution in [3.63, 3.8) is 0 Å². The van der Waals surface area contributed by atoms with Crippen molar-refractivity contribution in [3.05, 3.63) is 0 Å². The zero-order valence-corrected chi connectivity index (χ0v) is 17.5. The van der Waals surface area contributed by atoms with E-state index < -0.39 is 15.8 Å². The normalized spacial score (nSPS) is 22.8. The molecule has 0 aromatic carbocycles. The molecule has 10 heteroatoms. The Labute approximate surface area is 147 Å². The first kappa shape index (κ1) is 23.7. The van der Waals surface area contributed by atoms with Gasteiger partial charge in [0.2, 0.25) is 0 Å². The summed E-state index contributed by atoms with van der Waals surface area (Å²) in [6, 6.07) is 0. The Morgan fingerprint density at radius 2 is 0.957 bits per heavy atom. The van der Waals surface area contributed by atoms with E-state index in [0.717, 1.165) is 39.3 Å². The second kappa shape index (κ2) is 9.40. The fourth-order valence-corrected chi connectivity index (χ4v) is 8.24. The number of hydrogen-bond donors (Lipinski definition) is 3. The predicted molar refractivity (Wildman–Crippen MR) is 91.3 cm³/mol. The molecule has 0 unspecified atom stereocenters. The monoisotopic (exact) mass is 394 g/mol. The molecule has 0 aromatic rings. The van der Waals surface area contributed by atoms with Gasteiger partial charge in [0.15, 0.2) is 0 Å². The predicted octanol–water partition coefficient (Wildman–Crippen LogP) is -0.0734. The van der Waals surface area contributed by atoms with E-state index in [-0.39, 0.29) is 12.4 Å². The maximum atomic E-state index is 5.90. The van der Waals surface area contributed by atoms with Gasteiger partial charge in [-0.2, -0.15) is 0 Å². The minimum atomic E-state index is -5.13. The molecule has 23 heavy (non-hydrogen) atoms.